The van der Waals surface area contributed by atoms with Crippen molar-refractivity contribution >= 4 is 26.6 Å². The van der Waals surface area contributed by atoms with E-state index in [9.17, 15) is 21.6 Å². The van der Waals surface area contributed by atoms with Crippen molar-refractivity contribution in [3.8, 4) is 11.5 Å². The first-order chi connectivity index (χ1) is 15.1. The second kappa shape index (κ2) is 7.03. The van der Waals surface area contributed by atoms with Gasteiger partial charge in [0.1, 0.15) is 16.9 Å². The van der Waals surface area contributed by atoms with Crippen LogP contribution in [0.25, 0.3) is 28.3 Å². The molecule has 11 heteroatoms. The number of alkyl halides is 3. The maximum absolute atomic E-state index is 13.2. The summed E-state index contributed by atoms with van der Waals surface area (Å²) in [5, 5.41) is -0.127. The van der Waals surface area contributed by atoms with Crippen molar-refractivity contribution in [2.75, 3.05) is 5.75 Å². The number of aromatic nitrogens is 5. The molecule has 4 heterocycles. The zero-order chi connectivity index (χ0) is 22.8. The fourth-order valence-electron chi connectivity index (χ4n) is 3.90. The average Bonchev–Trinajstić information content (AvgIpc) is 3.38. The molecule has 0 radical (unpaired) electrons. The highest BCUT2D eigenvalue weighted by atomic mass is 32.2. The van der Waals surface area contributed by atoms with Crippen molar-refractivity contribution in [3.63, 3.8) is 0 Å². The molecule has 1 aliphatic rings. The molecule has 0 bridgehead atoms. The summed E-state index contributed by atoms with van der Waals surface area (Å²) in [6.45, 7) is 1.53. The maximum atomic E-state index is 13.2. The first kappa shape index (κ1) is 20.9. The predicted octanol–water partition coefficient (Wildman–Crippen LogP) is 4.05. The number of aryl methyl sites for hydroxylation is 1. The maximum Gasteiger partial charge on any atom is 0.417 e. The van der Waals surface area contributed by atoms with Crippen LogP contribution in [0.4, 0.5) is 13.2 Å². The Bertz CT molecular complexity index is 1470. The van der Waals surface area contributed by atoms with Gasteiger partial charge < -0.3 is 4.57 Å². The molecule has 32 heavy (non-hydrogen) atoms. The molecule has 7 nitrogen and oxygen atoms in total. The lowest BCUT2D eigenvalue weighted by molar-refractivity contribution is -0.137. The van der Waals surface area contributed by atoms with Crippen molar-refractivity contribution in [2.24, 2.45) is 13.0 Å². The molecule has 0 aromatic carbocycles. The summed E-state index contributed by atoms with van der Waals surface area (Å²) in [5.74, 6) is 0.589. The minimum Gasteiger partial charge on any atom is -0.310 e. The number of hydrogen-bond acceptors (Lipinski definition) is 5. The van der Waals surface area contributed by atoms with E-state index in [1.54, 1.807) is 17.6 Å². The summed E-state index contributed by atoms with van der Waals surface area (Å²) >= 11 is 0. The van der Waals surface area contributed by atoms with Gasteiger partial charge in [0.05, 0.1) is 11.3 Å². The Morgan fingerprint density at radius 2 is 1.94 bits per heavy atom. The second-order valence-corrected chi connectivity index (χ2v) is 10.3. The molecule has 0 atom stereocenters. The number of rotatable bonds is 5. The first-order valence-electron chi connectivity index (χ1n) is 10.2. The van der Waals surface area contributed by atoms with Gasteiger partial charge in [0, 0.05) is 19.4 Å². The molecule has 1 saturated carbocycles. The largest absolute Gasteiger partial charge is 0.417 e. The van der Waals surface area contributed by atoms with Crippen LogP contribution in [0.1, 0.15) is 30.9 Å². The molecule has 0 N–H and O–H groups in total. The summed E-state index contributed by atoms with van der Waals surface area (Å²) in [6.07, 6.45) is 0.956. The topological polar surface area (TPSA) is 82.2 Å². The number of hydrogen-bond donors (Lipinski definition) is 0. The lowest BCUT2D eigenvalue weighted by Crippen LogP contribution is -2.08. The first-order valence-corrected chi connectivity index (χ1v) is 11.9. The van der Waals surface area contributed by atoms with Crippen LogP contribution in [0.5, 0.6) is 0 Å². The van der Waals surface area contributed by atoms with E-state index in [0.29, 0.717) is 11.6 Å². The minimum atomic E-state index is -4.56. The number of imidazole rings is 2. The van der Waals surface area contributed by atoms with Crippen LogP contribution in [0.2, 0.25) is 0 Å². The molecule has 0 amide bonds. The van der Waals surface area contributed by atoms with Gasteiger partial charge in [0.15, 0.2) is 26.3 Å². The van der Waals surface area contributed by atoms with Crippen molar-refractivity contribution in [3.05, 3.63) is 41.7 Å². The standard InChI is InChI=1S/C21H20F3N5O2S/c1-3-32(30,31)20-16(29-8-4-5-13(17(29)27-20)9-12-6-7-12)19-26-15-10-14(21(22,23)24)11-25-18(15)28(19)2/h4-5,8,10-12H,3,6-7,9H2,1-2H3. The normalized spacial score (nSPS) is 15.2. The molecule has 0 saturated heterocycles. The van der Waals surface area contributed by atoms with Crippen LogP contribution in [0.3, 0.4) is 0 Å². The third kappa shape index (κ3) is 3.35. The zero-order valence-corrected chi connectivity index (χ0v) is 18.2. The van der Waals surface area contributed by atoms with Crippen molar-refractivity contribution in [1.29, 1.82) is 0 Å². The lowest BCUT2D eigenvalue weighted by Gasteiger charge is -2.07. The third-order valence-corrected chi connectivity index (χ3v) is 7.46. The molecule has 5 rings (SSSR count). The monoisotopic (exact) mass is 463 g/mol. The molecule has 0 unspecified atom stereocenters. The van der Waals surface area contributed by atoms with E-state index in [1.165, 1.54) is 11.5 Å². The molecule has 1 aliphatic carbocycles. The summed E-state index contributed by atoms with van der Waals surface area (Å²) < 4.78 is 68.5. The van der Waals surface area contributed by atoms with Crippen molar-refractivity contribution in [2.45, 2.75) is 37.4 Å². The van der Waals surface area contributed by atoms with E-state index < -0.39 is 21.6 Å². The summed E-state index contributed by atoms with van der Waals surface area (Å²) in [6, 6.07) is 4.67. The lowest BCUT2D eigenvalue weighted by atomic mass is 10.1. The highest BCUT2D eigenvalue weighted by Crippen LogP contribution is 2.37. The number of nitrogens with zero attached hydrogens (tertiary/aromatic N) is 5. The van der Waals surface area contributed by atoms with Gasteiger partial charge in [-0.1, -0.05) is 13.0 Å². The van der Waals surface area contributed by atoms with Crippen LogP contribution in [0.15, 0.2) is 35.6 Å². The van der Waals surface area contributed by atoms with E-state index in [2.05, 4.69) is 15.0 Å². The Morgan fingerprint density at radius 1 is 1.19 bits per heavy atom. The highest BCUT2D eigenvalue weighted by Gasteiger charge is 2.33. The third-order valence-electron chi connectivity index (χ3n) is 5.83. The number of halogens is 3. The highest BCUT2D eigenvalue weighted by molar-refractivity contribution is 7.91. The van der Waals surface area contributed by atoms with E-state index in [0.717, 1.165) is 37.1 Å². The summed E-state index contributed by atoms with van der Waals surface area (Å²) in [5.41, 5.74) is 1.02. The molecular weight excluding hydrogens is 443 g/mol. The van der Waals surface area contributed by atoms with Crippen LogP contribution < -0.4 is 0 Å². The zero-order valence-electron chi connectivity index (χ0n) is 17.4. The smallest absolute Gasteiger partial charge is 0.310 e. The van der Waals surface area contributed by atoms with Crippen molar-refractivity contribution in [1.82, 2.24) is 23.9 Å². The van der Waals surface area contributed by atoms with E-state index in [-0.39, 0.29) is 33.5 Å². The Morgan fingerprint density at radius 3 is 2.59 bits per heavy atom. The Kier molecular flexibility index (Phi) is 4.59. The van der Waals surface area contributed by atoms with Gasteiger partial charge in [-0.3, -0.25) is 4.40 Å². The van der Waals surface area contributed by atoms with Gasteiger partial charge in [0.25, 0.3) is 0 Å². The van der Waals surface area contributed by atoms with Crippen LogP contribution in [-0.4, -0.2) is 38.1 Å². The quantitative estimate of drug-likeness (QED) is 0.446. The van der Waals surface area contributed by atoms with E-state index >= 15 is 0 Å². The van der Waals surface area contributed by atoms with Crippen LogP contribution in [-0.2, 0) is 29.5 Å². The van der Waals surface area contributed by atoms with Gasteiger partial charge in [-0.2, -0.15) is 13.2 Å². The number of pyridine rings is 2. The minimum absolute atomic E-state index is 0.0289. The average molecular weight is 463 g/mol. The van der Waals surface area contributed by atoms with E-state index in [1.807, 2.05) is 12.1 Å². The number of sulfone groups is 1. The SMILES string of the molecule is CCS(=O)(=O)c1nc2c(CC3CC3)cccn2c1-c1nc2cc(C(F)(F)F)cnc2n1C. The Hall–Kier alpha value is -2.95. The van der Waals surface area contributed by atoms with Gasteiger partial charge >= 0.3 is 6.18 Å². The Labute approximate surface area is 181 Å². The van der Waals surface area contributed by atoms with Gasteiger partial charge in [-0.05, 0) is 42.9 Å². The fourth-order valence-corrected chi connectivity index (χ4v) is 4.88. The Balaban J connectivity index is 1.80. The summed E-state index contributed by atoms with van der Waals surface area (Å²) in [4.78, 5) is 12.8. The van der Waals surface area contributed by atoms with Crippen LogP contribution in [0, 0.1) is 5.92 Å². The molecule has 0 spiro atoms. The van der Waals surface area contributed by atoms with Gasteiger partial charge in [-0.25, -0.2) is 23.4 Å². The molecule has 1 fully saturated rings. The second-order valence-electron chi connectivity index (χ2n) is 8.10. The molecule has 0 aliphatic heterocycles. The fraction of sp³-hybridized carbons (Fsp3) is 0.381. The van der Waals surface area contributed by atoms with Gasteiger partial charge in [-0.15, -0.1) is 0 Å². The van der Waals surface area contributed by atoms with E-state index in [4.69, 9.17) is 0 Å². The molecule has 4 aromatic heterocycles. The molecule has 4 aromatic rings. The number of fused-ring (bicyclic) bond motifs is 2. The molecular formula is C21H20F3N5O2S. The molecule has 168 valence electrons. The van der Waals surface area contributed by atoms with Gasteiger partial charge in [0.2, 0.25) is 0 Å². The summed E-state index contributed by atoms with van der Waals surface area (Å²) in [7, 11) is -2.14. The predicted molar refractivity (Wildman–Crippen MR) is 112 cm³/mol. The van der Waals surface area contributed by atoms with Crippen molar-refractivity contribution < 1.29 is 21.6 Å². The van der Waals surface area contributed by atoms with Crippen LogP contribution >= 0.6 is 0 Å².